The highest BCUT2D eigenvalue weighted by Gasteiger charge is 2.34. The average molecular weight is 406 g/mol. The van der Waals surface area contributed by atoms with Crippen molar-refractivity contribution in [2.75, 3.05) is 11.9 Å². The van der Waals surface area contributed by atoms with Crippen LogP contribution >= 0.6 is 0 Å². The number of aromatic amines is 1. The van der Waals surface area contributed by atoms with E-state index in [-0.39, 0.29) is 23.3 Å². The van der Waals surface area contributed by atoms with Crippen LogP contribution in [0.1, 0.15) is 41.7 Å². The van der Waals surface area contributed by atoms with Gasteiger partial charge in [-0.25, -0.2) is 9.97 Å². The third-order valence-electron chi connectivity index (χ3n) is 5.41. The van der Waals surface area contributed by atoms with E-state index in [0.29, 0.717) is 6.54 Å². The van der Waals surface area contributed by atoms with E-state index < -0.39 is 17.7 Å². The molecule has 1 saturated heterocycles. The third-order valence-corrected chi connectivity index (χ3v) is 5.41. The first-order valence-electron chi connectivity index (χ1n) is 9.74. The zero-order valence-corrected chi connectivity index (χ0v) is 16.5. The van der Waals surface area contributed by atoms with Crippen molar-refractivity contribution in [1.82, 2.24) is 19.9 Å². The van der Waals surface area contributed by atoms with E-state index in [9.17, 15) is 14.4 Å². The predicted molar refractivity (Wildman–Crippen MR) is 110 cm³/mol. The highest BCUT2D eigenvalue weighted by Crippen LogP contribution is 2.34. The van der Waals surface area contributed by atoms with Gasteiger partial charge in [-0.2, -0.15) is 0 Å². The number of H-pyrrole nitrogens is 1. The number of benzene rings is 1. The molecule has 3 heterocycles. The molecular formula is C21H22N6O3. The van der Waals surface area contributed by atoms with Gasteiger partial charge in [0.15, 0.2) is 0 Å². The van der Waals surface area contributed by atoms with Gasteiger partial charge in [-0.05, 0) is 48.6 Å². The molecule has 9 heteroatoms. The molecule has 2 aromatic heterocycles. The van der Waals surface area contributed by atoms with E-state index >= 15 is 0 Å². The Morgan fingerprint density at radius 3 is 2.83 bits per heavy atom. The Labute approximate surface area is 172 Å². The van der Waals surface area contributed by atoms with Gasteiger partial charge in [-0.1, -0.05) is 13.0 Å². The maximum atomic E-state index is 13.1. The Bertz CT molecular complexity index is 1120. The number of amides is 3. The smallest absolute Gasteiger partial charge is 0.315 e. The summed E-state index contributed by atoms with van der Waals surface area (Å²) in [6.45, 7) is 2.51. The first-order chi connectivity index (χ1) is 14.4. The summed E-state index contributed by atoms with van der Waals surface area (Å²) < 4.78 is 0. The molecule has 0 bridgehead atoms. The maximum absolute atomic E-state index is 13.1. The lowest BCUT2D eigenvalue weighted by molar-refractivity contribution is -0.146. The molecule has 0 unspecified atom stereocenters. The molecule has 0 spiro atoms. The number of primary amides is 1. The molecule has 4 N–H and O–H groups in total. The van der Waals surface area contributed by atoms with Crippen molar-refractivity contribution in [1.29, 1.82) is 0 Å². The third kappa shape index (κ3) is 3.73. The standard InChI is InChI=1S/C21H22N6O3/c1-12-4-7-17(13-5-6-15-16(9-13)25-11-24-15)27(10-12)21(30)20(29)26-19-14(18(22)28)3-2-8-23-19/h2-3,5-6,8-9,11-12,17H,4,7,10H2,1H3,(H2,22,28)(H,24,25)(H,23,26,29)/t12-,17+/m1/s1. The van der Waals surface area contributed by atoms with E-state index in [1.54, 1.807) is 11.2 Å². The lowest BCUT2D eigenvalue weighted by Crippen LogP contribution is -2.46. The first kappa shape index (κ1) is 19.6. The highest BCUT2D eigenvalue weighted by atomic mass is 16.2. The van der Waals surface area contributed by atoms with Crippen molar-refractivity contribution in [3.63, 3.8) is 0 Å². The molecule has 3 amide bonds. The summed E-state index contributed by atoms with van der Waals surface area (Å²) in [5.41, 5.74) is 8.03. The molecule has 1 fully saturated rings. The molecule has 0 saturated carbocycles. The zero-order chi connectivity index (χ0) is 21.3. The maximum Gasteiger partial charge on any atom is 0.315 e. The molecule has 154 valence electrons. The van der Waals surface area contributed by atoms with Crippen molar-refractivity contribution >= 4 is 34.6 Å². The lowest BCUT2D eigenvalue weighted by atomic mass is 9.89. The zero-order valence-electron chi connectivity index (χ0n) is 16.5. The van der Waals surface area contributed by atoms with Gasteiger partial charge in [0.25, 0.3) is 5.91 Å². The molecule has 4 rings (SSSR count). The van der Waals surface area contributed by atoms with Gasteiger partial charge in [0, 0.05) is 12.7 Å². The molecule has 0 aliphatic carbocycles. The second-order valence-corrected chi connectivity index (χ2v) is 7.55. The van der Waals surface area contributed by atoms with Crippen molar-refractivity contribution in [3.8, 4) is 0 Å². The fraction of sp³-hybridized carbons (Fsp3) is 0.286. The number of hydrogen-bond acceptors (Lipinski definition) is 5. The van der Waals surface area contributed by atoms with Crippen molar-refractivity contribution < 1.29 is 14.4 Å². The van der Waals surface area contributed by atoms with Gasteiger partial charge >= 0.3 is 11.8 Å². The van der Waals surface area contributed by atoms with Crippen molar-refractivity contribution in [2.24, 2.45) is 11.7 Å². The van der Waals surface area contributed by atoms with Crippen LogP contribution < -0.4 is 11.1 Å². The number of rotatable bonds is 3. The van der Waals surface area contributed by atoms with E-state index in [1.807, 2.05) is 18.2 Å². The number of hydrogen-bond donors (Lipinski definition) is 3. The van der Waals surface area contributed by atoms with Crippen molar-refractivity contribution in [2.45, 2.75) is 25.8 Å². The quantitative estimate of drug-likeness (QED) is 0.572. The van der Waals surface area contributed by atoms with E-state index in [2.05, 4.69) is 27.2 Å². The topological polar surface area (TPSA) is 134 Å². The molecular weight excluding hydrogens is 384 g/mol. The van der Waals surface area contributed by atoms with Crippen LogP contribution in [0.15, 0.2) is 42.9 Å². The number of nitrogens with zero attached hydrogens (tertiary/aromatic N) is 3. The molecule has 2 atom stereocenters. The monoisotopic (exact) mass is 406 g/mol. The van der Waals surface area contributed by atoms with Crippen molar-refractivity contribution in [3.05, 3.63) is 54.0 Å². The van der Waals surface area contributed by atoms with Gasteiger partial charge in [0.2, 0.25) is 0 Å². The van der Waals surface area contributed by atoms with Crippen LogP contribution in [0.5, 0.6) is 0 Å². The predicted octanol–water partition coefficient (Wildman–Crippen LogP) is 2.00. The molecule has 1 aliphatic heterocycles. The minimum atomic E-state index is -0.849. The normalized spacial score (nSPS) is 18.9. The number of carbonyl (C=O) groups excluding carboxylic acids is 3. The number of aromatic nitrogens is 3. The summed E-state index contributed by atoms with van der Waals surface area (Å²) in [5.74, 6) is -2.01. The molecule has 30 heavy (non-hydrogen) atoms. The lowest BCUT2D eigenvalue weighted by Gasteiger charge is -2.38. The van der Waals surface area contributed by atoms with Crippen LogP contribution in [0, 0.1) is 5.92 Å². The van der Waals surface area contributed by atoms with E-state index in [1.165, 1.54) is 18.3 Å². The SMILES string of the molecule is C[C@@H]1CC[C@@H](c2ccc3nc[nH]c3c2)N(C(=O)C(=O)Nc2ncccc2C(N)=O)C1. The van der Waals surface area contributed by atoms with E-state index in [0.717, 1.165) is 29.4 Å². The second-order valence-electron chi connectivity index (χ2n) is 7.55. The van der Waals surface area contributed by atoms with Crippen LogP contribution in [0.4, 0.5) is 5.82 Å². The Kier molecular flexibility index (Phi) is 5.18. The number of anilines is 1. The fourth-order valence-electron chi connectivity index (χ4n) is 3.88. The Morgan fingerprint density at radius 2 is 2.03 bits per heavy atom. The number of imidazole rings is 1. The van der Waals surface area contributed by atoms with Gasteiger partial charge in [-0.3, -0.25) is 14.4 Å². The van der Waals surface area contributed by atoms with Gasteiger partial charge in [0.1, 0.15) is 5.82 Å². The molecule has 3 aromatic rings. The summed E-state index contributed by atoms with van der Waals surface area (Å²) in [6.07, 6.45) is 4.73. The largest absolute Gasteiger partial charge is 0.365 e. The second kappa shape index (κ2) is 7.94. The molecule has 0 radical (unpaired) electrons. The number of carbonyl (C=O) groups is 3. The molecule has 9 nitrogen and oxygen atoms in total. The fourth-order valence-corrected chi connectivity index (χ4v) is 3.88. The molecule has 1 aliphatic rings. The average Bonchev–Trinajstić information content (AvgIpc) is 3.21. The summed E-state index contributed by atoms with van der Waals surface area (Å²) in [4.78, 5) is 50.2. The molecule has 1 aromatic carbocycles. The number of fused-ring (bicyclic) bond motifs is 1. The number of pyridine rings is 1. The Morgan fingerprint density at radius 1 is 1.20 bits per heavy atom. The number of piperidine rings is 1. The van der Waals surface area contributed by atoms with Crippen LogP contribution in [0.25, 0.3) is 11.0 Å². The highest BCUT2D eigenvalue weighted by molar-refractivity contribution is 6.39. The number of nitrogens with two attached hydrogens (primary N) is 1. The van der Waals surface area contributed by atoms with E-state index in [4.69, 9.17) is 5.73 Å². The summed E-state index contributed by atoms with van der Waals surface area (Å²) >= 11 is 0. The van der Waals surface area contributed by atoms with Crippen LogP contribution in [0.2, 0.25) is 0 Å². The van der Waals surface area contributed by atoms with Gasteiger partial charge in [0.05, 0.1) is 29.0 Å². The Balaban J connectivity index is 1.59. The van der Waals surface area contributed by atoms with Crippen LogP contribution in [-0.4, -0.2) is 44.1 Å². The van der Waals surface area contributed by atoms with Gasteiger partial charge in [-0.15, -0.1) is 0 Å². The summed E-state index contributed by atoms with van der Waals surface area (Å²) in [6, 6.07) is 8.55. The van der Waals surface area contributed by atoms with Crippen LogP contribution in [-0.2, 0) is 9.59 Å². The number of likely N-dealkylation sites (tertiary alicyclic amines) is 1. The summed E-state index contributed by atoms with van der Waals surface area (Å²) in [7, 11) is 0. The minimum absolute atomic E-state index is 0.0242. The summed E-state index contributed by atoms with van der Waals surface area (Å²) in [5, 5.41) is 2.44. The first-order valence-corrected chi connectivity index (χ1v) is 9.74. The number of nitrogens with one attached hydrogen (secondary N) is 2. The minimum Gasteiger partial charge on any atom is -0.365 e. The Hall–Kier alpha value is -3.75. The van der Waals surface area contributed by atoms with Gasteiger partial charge < -0.3 is 20.9 Å². The van der Waals surface area contributed by atoms with Crippen LogP contribution in [0.3, 0.4) is 0 Å².